The molecule has 1 N–H and O–H groups in total. The number of rotatable bonds is 6. The third kappa shape index (κ3) is 4.96. The predicted octanol–water partition coefficient (Wildman–Crippen LogP) is 0.979. The van der Waals surface area contributed by atoms with Crippen LogP contribution in [0.4, 0.5) is 0 Å². The minimum Gasteiger partial charge on any atom is -0.494 e. The van der Waals surface area contributed by atoms with E-state index in [1.54, 1.807) is 24.3 Å². The Hall–Kier alpha value is -2.08. The van der Waals surface area contributed by atoms with Crippen molar-refractivity contribution < 1.29 is 14.3 Å². The standard InChI is InChI=1S/C17H25N3O3/c1-3-19-9-11-20(12-10-19)16(21)13-18-17(22)14-5-7-15(8-6-14)23-4-2/h5-8H,3-4,9-13H2,1-2H3,(H,18,22). The molecule has 6 heteroatoms. The normalized spacial score (nSPS) is 15.3. The number of piperazine rings is 1. The molecule has 0 spiro atoms. The number of likely N-dealkylation sites (N-methyl/N-ethyl adjacent to an activating group) is 1. The zero-order chi connectivity index (χ0) is 16.7. The van der Waals surface area contributed by atoms with Crippen LogP contribution < -0.4 is 10.1 Å². The Morgan fingerprint density at radius 1 is 1.09 bits per heavy atom. The summed E-state index contributed by atoms with van der Waals surface area (Å²) < 4.78 is 5.34. The largest absolute Gasteiger partial charge is 0.494 e. The van der Waals surface area contributed by atoms with Crippen LogP contribution >= 0.6 is 0 Å². The van der Waals surface area contributed by atoms with E-state index in [4.69, 9.17) is 4.74 Å². The maximum Gasteiger partial charge on any atom is 0.251 e. The maximum absolute atomic E-state index is 12.1. The number of ether oxygens (including phenoxy) is 1. The third-order valence-corrected chi connectivity index (χ3v) is 4.00. The molecule has 0 unspecified atom stereocenters. The monoisotopic (exact) mass is 319 g/mol. The van der Waals surface area contributed by atoms with Gasteiger partial charge < -0.3 is 19.9 Å². The van der Waals surface area contributed by atoms with Crippen LogP contribution in [0, 0.1) is 0 Å². The first-order chi connectivity index (χ1) is 11.1. The Labute approximate surface area is 137 Å². The number of amides is 2. The van der Waals surface area contributed by atoms with Crippen LogP contribution in [0.3, 0.4) is 0 Å². The van der Waals surface area contributed by atoms with Crippen LogP contribution in [0.5, 0.6) is 5.75 Å². The van der Waals surface area contributed by atoms with Gasteiger partial charge >= 0.3 is 0 Å². The van der Waals surface area contributed by atoms with Gasteiger partial charge in [-0.1, -0.05) is 6.92 Å². The highest BCUT2D eigenvalue weighted by Crippen LogP contribution is 2.12. The van der Waals surface area contributed by atoms with Crippen molar-refractivity contribution in [2.45, 2.75) is 13.8 Å². The van der Waals surface area contributed by atoms with E-state index in [0.29, 0.717) is 12.2 Å². The number of nitrogens with zero attached hydrogens (tertiary/aromatic N) is 2. The molecular formula is C17H25N3O3. The van der Waals surface area contributed by atoms with Gasteiger partial charge in [0.2, 0.25) is 5.91 Å². The molecule has 0 aromatic heterocycles. The molecule has 0 aliphatic carbocycles. The van der Waals surface area contributed by atoms with E-state index in [-0.39, 0.29) is 18.4 Å². The Morgan fingerprint density at radius 2 is 1.74 bits per heavy atom. The van der Waals surface area contributed by atoms with Gasteiger partial charge in [0.25, 0.3) is 5.91 Å². The Kier molecular flexibility index (Phi) is 6.40. The second kappa shape index (κ2) is 8.53. The lowest BCUT2D eigenvalue weighted by molar-refractivity contribution is -0.131. The zero-order valence-corrected chi connectivity index (χ0v) is 13.9. The average molecular weight is 319 g/mol. The number of nitrogens with one attached hydrogen (secondary N) is 1. The fourth-order valence-corrected chi connectivity index (χ4v) is 2.55. The summed E-state index contributed by atoms with van der Waals surface area (Å²) in [7, 11) is 0. The SMILES string of the molecule is CCOc1ccc(C(=O)NCC(=O)N2CCN(CC)CC2)cc1. The van der Waals surface area contributed by atoms with Gasteiger partial charge in [0.1, 0.15) is 5.75 Å². The molecule has 1 aromatic carbocycles. The molecule has 1 aliphatic rings. The van der Waals surface area contributed by atoms with Crippen LogP contribution in [-0.4, -0.2) is 67.5 Å². The van der Waals surface area contributed by atoms with Gasteiger partial charge in [0.05, 0.1) is 13.2 Å². The smallest absolute Gasteiger partial charge is 0.251 e. The minimum absolute atomic E-state index is 0.0277. The fourth-order valence-electron chi connectivity index (χ4n) is 2.55. The molecule has 1 aliphatic heterocycles. The van der Waals surface area contributed by atoms with Crippen molar-refractivity contribution in [2.24, 2.45) is 0 Å². The molecule has 1 heterocycles. The topological polar surface area (TPSA) is 61.9 Å². The van der Waals surface area contributed by atoms with Crippen LogP contribution in [0.1, 0.15) is 24.2 Å². The minimum atomic E-state index is -0.242. The summed E-state index contributed by atoms with van der Waals surface area (Å²) in [6, 6.07) is 6.91. The van der Waals surface area contributed by atoms with Crippen molar-refractivity contribution in [3.63, 3.8) is 0 Å². The van der Waals surface area contributed by atoms with Crippen molar-refractivity contribution in [1.29, 1.82) is 0 Å². The second-order valence-electron chi connectivity index (χ2n) is 5.46. The molecular weight excluding hydrogens is 294 g/mol. The molecule has 1 aromatic rings. The molecule has 1 fully saturated rings. The van der Waals surface area contributed by atoms with Crippen molar-refractivity contribution in [1.82, 2.24) is 15.1 Å². The van der Waals surface area contributed by atoms with Crippen LogP contribution in [0.15, 0.2) is 24.3 Å². The van der Waals surface area contributed by atoms with E-state index >= 15 is 0 Å². The number of hydrogen-bond donors (Lipinski definition) is 1. The van der Waals surface area contributed by atoms with Crippen molar-refractivity contribution in [3.8, 4) is 5.75 Å². The summed E-state index contributed by atoms with van der Waals surface area (Å²) in [5.74, 6) is 0.461. The number of carbonyl (C=O) groups excluding carboxylic acids is 2. The highest BCUT2D eigenvalue weighted by Gasteiger charge is 2.20. The van der Waals surface area contributed by atoms with E-state index < -0.39 is 0 Å². The van der Waals surface area contributed by atoms with Gasteiger partial charge in [-0.2, -0.15) is 0 Å². The third-order valence-electron chi connectivity index (χ3n) is 4.00. The summed E-state index contributed by atoms with van der Waals surface area (Å²) in [5, 5.41) is 2.69. The average Bonchev–Trinajstić information content (AvgIpc) is 2.60. The number of carbonyl (C=O) groups is 2. The molecule has 2 rings (SSSR count). The molecule has 0 saturated carbocycles. The summed E-state index contributed by atoms with van der Waals surface area (Å²) >= 11 is 0. The Bertz CT molecular complexity index is 522. The van der Waals surface area contributed by atoms with E-state index in [2.05, 4.69) is 17.1 Å². The summed E-state index contributed by atoms with van der Waals surface area (Å²) in [6.45, 7) is 8.92. The molecule has 6 nitrogen and oxygen atoms in total. The quantitative estimate of drug-likeness (QED) is 0.849. The Morgan fingerprint density at radius 3 is 2.30 bits per heavy atom. The lowest BCUT2D eigenvalue weighted by Gasteiger charge is -2.34. The Balaban J connectivity index is 1.78. The number of hydrogen-bond acceptors (Lipinski definition) is 4. The van der Waals surface area contributed by atoms with Crippen molar-refractivity contribution in [2.75, 3.05) is 45.9 Å². The van der Waals surface area contributed by atoms with Crippen molar-refractivity contribution in [3.05, 3.63) is 29.8 Å². The summed E-state index contributed by atoms with van der Waals surface area (Å²) in [6.07, 6.45) is 0. The van der Waals surface area contributed by atoms with Gasteiger partial charge in [-0.25, -0.2) is 0 Å². The molecule has 0 atom stereocenters. The molecule has 0 bridgehead atoms. The highest BCUT2D eigenvalue weighted by atomic mass is 16.5. The van der Waals surface area contributed by atoms with Gasteiger partial charge in [0.15, 0.2) is 0 Å². The first kappa shape index (κ1) is 17.3. The van der Waals surface area contributed by atoms with E-state index in [0.717, 1.165) is 38.5 Å². The van der Waals surface area contributed by atoms with Crippen LogP contribution in [0.2, 0.25) is 0 Å². The van der Waals surface area contributed by atoms with Gasteiger partial charge in [-0.15, -0.1) is 0 Å². The van der Waals surface area contributed by atoms with Gasteiger partial charge in [-0.3, -0.25) is 9.59 Å². The molecule has 2 amide bonds. The molecule has 126 valence electrons. The predicted molar refractivity (Wildman–Crippen MR) is 88.6 cm³/mol. The van der Waals surface area contributed by atoms with Gasteiger partial charge in [-0.05, 0) is 37.7 Å². The first-order valence-electron chi connectivity index (χ1n) is 8.15. The highest BCUT2D eigenvalue weighted by molar-refractivity contribution is 5.96. The van der Waals surface area contributed by atoms with Gasteiger partial charge in [0, 0.05) is 31.7 Å². The summed E-state index contributed by atoms with van der Waals surface area (Å²) in [4.78, 5) is 28.3. The second-order valence-corrected chi connectivity index (χ2v) is 5.46. The number of benzene rings is 1. The molecule has 1 saturated heterocycles. The van der Waals surface area contributed by atoms with Crippen LogP contribution in [0.25, 0.3) is 0 Å². The molecule has 0 radical (unpaired) electrons. The van der Waals surface area contributed by atoms with Crippen molar-refractivity contribution >= 4 is 11.8 Å². The molecule has 23 heavy (non-hydrogen) atoms. The zero-order valence-electron chi connectivity index (χ0n) is 13.9. The lowest BCUT2D eigenvalue weighted by atomic mass is 10.2. The van der Waals surface area contributed by atoms with E-state index in [1.165, 1.54) is 0 Å². The van der Waals surface area contributed by atoms with E-state index in [1.807, 2.05) is 11.8 Å². The maximum atomic E-state index is 12.1. The first-order valence-corrected chi connectivity index (χ1v) is 8.15. The van der Waals surface area contributed by atoms with Crippen LogP contribution in [-0.2, 0) is 4.79 Å². The fraction of sp³-hybridized carbons (Fsp3) is 0.529. The summed E-state index contributed by atoms with van der Waals surface area (Å²) in [5.41, 5.74) is 0.525. The van der Waals surface area contributed by atoms with E-state index in [9.17, 15) is 9.59 Å². The lowest BCUT2D eigenvalue weighted by Crippen LogP contribution is -2.51.